The predicted octanol–water partition coefficient (Wildman–Crippen LogP) is 4.80. The smallest absolute Gasteiger partial charge is 0.403 e. The number of fused-ring (bicyclic) bond motifs is 1. The molecule has 2 heterocycles. The maximum absolute atomic E-state index is 14.1. The molecule has 2 aromatic carbocycles. The Morgan fingerprint density at radius 1 is 1.31 bits per heavy atom. The fourth-order valence-electron chi connectivity index (χ4n) is 3.34. The van der Waals surface area contributed by atoms with E-state index >= 15 is 0 Å². The molecule has 4 atom stereocenters. The normalized spacial score (nSPS) is 28.8. The highest BCUT2D eigenvalue weighted by atomic mass is 127. The van der Waals surface area contributed by atoms with Gasteiger partial charge in [-0.3, -0.25) is 9.05 Å². The Labute approximate surface area is 179 Å². The molecule has 156 valence electrons. The molecule has 0 amide bonds. The van der Waals surface area contributed by atoms with E-state index in [-0.39, 0.29) is 28.8 Å². The van der Waals surface area contributed by atoms with Crippen molar-refractivity contribution in [2.45, 2.75) is 38.3 Å². The molecule has 0 aromatic heterocycles. The summed E-state index contributed by atoms with van der Waals surface area (Å²) in [5.74, 6) is -0.957. The van der Waals surface area contributed by atoms with Crippen molar-refractivity contribution in [1.82, 2.24) is 0 Å². The van der Waals surface area contributed by atoms with Crippen molar-refractivity contribution >= 4 is 30.4 Å². The van der Waals surface area contributed by atoms with Gasteiger partial charge in [-0.1, -0.05) is 18.2 Å². The minimum Gasteiger partial charge on any atom is -0.403 e. The Bertz CT molecular complexity index is 987. The molecule has 0 aliphatic carbocycles. The maximum Gasteiger partial charge on any atom is 0.530 e. The average molecular weight is 538 g/mol. The van der Waals surface area contributed by atoms with Crippen LogP contribution < -0.4 is 4.52 Å². The fraction of sp³-hybridized carbons (Fsp3) is 0.368. The van der Waals surface area contributed by atoms with Crippen molar-refractivity contribution in [2.75, 3.05) is 6.61 Å². The van der Waals surface area contributed by atoms with E-state index in [9.17, 15) is 18.5 Å². The summed E-state index contributed by atoms with van der Waals surface area (Å²) in [6, 6.07) is 7.61. The van der Waals surface area contributed by atoms with Gasteiger partial charge in [0.1, 0.15) is 23.5 Å². The second-order valence-corrected chi connectivity index (χ2v) is 9.68. The van der Waals surface area contributed by atoms with E-state index < -0.39 is 37.8 Å². The van der Waals surface area contributed by atoms with Crippen LogP contribution in [-0.4, -0.2) is 23.9 Å². The molecule has 4 rings (SSSR count). The molecule has 0 unspecified atom stereocenters. The summed E-state index contributed by atoms with van der Waals surface area (Å²) in [5, 5.41) is 10.3. The number of aryl methyl sites for hydroxylation is 1. The summed E-state index contributed by atoms with van der Waals surface area (Å²) in [4.78, 5) is 0. The van der Waals surface area contributed by atoms with Crippen molar-refractivity contribution < 1.29 is 36.8 Å². The van der Waals surface area contributed by atoms with Gasteiger partial charge in [0.15, 0.2) is 0 Å². The van der Waals surface area contributed by atoms with Crippen molar-refractivity contribution in [1.29, 1.82) is 0 Å². The molecular weight excluding hydrogens is 520 g/mol. The molecule has 0 radical (unpaired) electrons. The lowest BCUT2D eigenvalue weighted by atomic mass is 10.0. The summed E-state index contributed by atoms with van der Waals surface area (Å²) in [7, 11) is -3.88. The van der Waals surface area contributed by atoms with Crippen LogP contribution in [0.3, 0.4) is 0 Å². The van der Waals surface area contributed by atoms with Gasteiger partial charge in [-0.25, -0.2) is 13.3 Å². The summed E-state index contributed by atoms with van der Waals surface area (Å²) in [5.41, 5.74) is 1.71. The van der Waals surface area contributed by atoms with Crippen molar-refractivity contribution in [3.63, 3.8) is 0 Å². The second-order valence-electron chi connectivity index (χ2n) is 6.92. The summed E-state index contributed by atoms with van der Waals surface area (Å²) in [6.07, 6.45) is -2.52. The van der Waals surface area contributed by atoms with E-state index in [1.54, 1.807) is 28.7 Å². The van der Waals surface area contributed by atoms with E-state index in [0.29, 0.717) is 5.75 Å². The number of hydrogen-bond acceptors (Lipinski definition) is 6. The quantitative estimate of drug-likeness (QED) is 0.343. The van der Waals surface area contributed by atoms with Crippen molar-refractivity contribution in [3.05, 3.63) is 62.2 Å². The summed E-state index contributed by atoms with van der Waals surface area (Å²) >= 11 is 1.76. The van der Waals surface area contributed by atoms with Crippen LogP contribution >= 0.6 is 30.4 Å². The first-order chi connectivity index (χ1) is 13.8. The number of phosphoric ester groups is 1. The zero-order valence-electron chi connectivity index (χ0n) is 15.3. The standard InChI is InChI=1S/C19H18F2IO6P/c1-10-3-2-4-11-8-25-29(24,28-19(10)11)26-9-18-16(23)7-17(27-18)12-5-15(22)14(21)6-13(12)20/h2-6,16-18,23H,7-9H2,1H3/t16-,17+,18+,29+/m0/s1. The van der Waals surface area contributed by atoms with E-state index in [0.717, 1.165) is 17.2 Å². The van der Waals surface area contributed by atoms with Gasteiger partial charge in [0.05, 0.1) is 25.4 Å². The molecule has 2 aliphatic rings. The Kier molecular flexibility index (Phi) is 5.98. The van der Waals surface area contributed by atoms with E-state index in [1.165, 1.54) is 6.07 Å². The number of hydrogen-bond donors (Lipinski definition) is 1. The SMILES string of the molecule is Cc1cccc2c1O[P@@](=O)(OC[C@H]1O[C@@H](c3cc(I)c(F)cc3F)C[C@@H]1O)OC2. The molecule has 1 saturated heterocycles. The Balaban J connectivity index is 1.43. The lowest BCUT2D eigenvalue weighted by Crippen LogP contribution is -2.27. The third-order valence-corrected chi connectivity index (χ3v) is 7.03. The van der Waals surface area contributed by atoms with Crippen molar-refractivity contribution in [3.8, 4) is 5.75 Å². The maximum atomic E-state index is 14.1. The van der Waals surface area contributed by atoms with Gasteiger partial charge in [0.2, 0.25) is 0 Å². The number of aliphatic hydroxyl groups is 1. The van der Waals surface area contributed by atoms with Gasteiger partial charge < -0.3 is 14.4 Å². The van der Waals surface area contributed by atoms with Gasteiger partial charge in [0, 0.05) is 27.2 Å². The highest BCUT2D eigenvalue weighted by Gasteiger charge is 2.41. The molecule has 1 fully saturated rings. The van der Waals surface area contributed by atoms with Gasteiger partial charge in [-0.15, -0.1) is 0 Å². The number of halogens is 3. The average Bonchev–Trinajstić information content (AvgIpc) is 3.04. The highest BCUT2D eigenvalue weighted by molar-refractivity contribution is 14.1. The zero-order chi connectivity index (χ0) is 20.8. The van der Waals surface area contributed by atoms with Crippen LogP contribution in [-0.2, 0) is 25.0 Å². The molecule has 0 spiro atoms. The number of rotatable bonds is 4. The molecule has 1 N–H and O–H groups in total. The van der Waals surface area contributed by atoms with E-state index in [1.807, 2.05) is 19.1 Å². The third-order valence-electron chi connectivity index (χ3n) is 4.88. The Hall–Kier alpha value is -1.10. The van der Waals surface area contributed by atoms with Crippen LogP contribution in [0.4, 0.5) is 8.78 Å². The van der Waals surface area contributed by atoms with Crippen LogP contribution in [0, 0.1) is 22.1 Å². The lowest BCUT2D eigenvalue weighted by Gasteiger charge is -2.27. The number of para-hydroxylation sites is 1. The lowest BCUT2D eigenvalue weighted by molar-refractivity contribution is -0.0256. The number of phosphoric acid groups is 1. The zero-order valence-corrected chi connectivity index (χ0v) is 18.4. The van der Waals surface area contributed by atoms with Crippen LogP contribution in [0.5, 0.6) is 5.75 Å². The van der Waals surface area contributed by atoms with Gasteiger partial charge in [-0.05, 0) is 41.1 Å². The molecule has 29 heavy (non-hydrogen) atoms. The fourth-order valence-corrected chi connectivity index (χ4v) is 5.12. The molecule has 0 bridgehead atoms. The van der Waals surface area contributed by atoms with Crippen LogP contribution in [0.15, 0.2) is 30.3 Å². The van der Waals surface area contributed by atoms with Crippen molar-refractivity contribution in [2.24, 2.45) is 0 Å². The molecule has 2 aromatic rings. The van der Waals surface area contributed by atoms with E-state index in [4.69, 9.17) is 18.3 Å². The number of ether oxygens (including phenoxy) is 1. The minimum absolute atomic E-state index is 0.0736. The Morgan fingerprint density at radius 3 is 2.90 bits per heavy atom. The molecule has 2 aliphatic heterocycles. The molecule has 0 saturated carbocycles. The highest BCUT2D eigenvalue weighted by Crippen LogP contribution is 2.55. The minimum atomic E-state index is -3.88. The first kappa shape index (κ1) is 21.1. The number of aliphatic hydroxyl groups excluding tert-OH is 1. The predicted molar refractivity (Wildman–Crippen MR) is 107 cm³/mol. The summed E-state index contributed by atoms with van der Waals surface area (Å²) < 4.78 is 62.5. The van der Waals surface area contributed by atoms with Gasteiger partial charge in [-0.2, -0.15) is 0 Å². The molecule has 10 heteroatoms. The Morgan fingerprint density at radius 2 is 2.10 bits per heavy atom. The topological polar surface area (TPSA) is 74.2 Å². The first-order valence-corrected chi connectivity index (χ1v) is 11.4. The van der Waals surface area contributed by atoms with Crippen LogP contribution in [0.1, 0.15) is 29.2 Å². The van der Waals surface area contributed by atoms with Crippen LogP contribution in [0.2, 0.25) is 0 Å². The molecular formula is C19H18F2IO6P. The van der Waals surface area contributed by atoms with E-state index in [2.05, 4.69) is 0 Å². The van der Waals surface area contributed by atoms with Gasteiger partial charge in [0.25, 0.3) is 0 Å². The number of benzene rings is 2. The largest absolute Gasteiger partial charge is 0.530 e. The van der Waals surface area contributed by atoms with Crippen LogP contribution in [0.25, 0.3) is 0 Å². The second kappa shape index (κ2) is 8.20. The molecule has 6 nitrogen and oxygen atoms in total. The first-order valence-electron chi connectivity index (χ1n) is 8.91. The monoisotopic (exact) mass is 538 g/mol. The van der Waals surface area contributed by atoms with Gasteiger partial charge >= 0.3 is 7.82 Å². The summed E-state index contributed by atoms with van der Waals surface area (Å²) in [6.45, 7) is 1.63. The third kappa shape index (κ3) is 4.35.